The fourth-order valence-corrected chi connectivity index (χ4v) is 3.27. The third-order valence-electron chi connectivity index (χ3n) is 2.97. The van der Waals surface area contributed by atoms with Gasteiger partial charge < -0.3 is 0 Å². The standard InChI is InChI=1S/C16H14BrN3O3S/c17-14-7-3-1-6-13(14)10-24-11-16(21)19-18-9-12-5-2-4-8-15(12)20(22)23/h1-9H,10-11H2,(H,19,21)/b18-9-. The average molecular weight is 408 g/mol. The maximum Gasteiger partial charge on any atom is 0.278 e. The van der Waals surface area contributed by atoms with Crippen molar-refractivity contribution in [2.75, 3.05) is 5.75 Å². The molecule has 0 aliphatic heterocycles. The van der Waals surface area contributed by atoms with Gasteiger partial charge in [0.25, 0.3) is 5.69 Å². The largest absolute Gasteiger partial charge is 0.278 e. The number of halogens is 1. The Morgan fingerprint density at radius 1 is 1.25 bits per heavy atom. The van der Waals surface area contributed by atoms with E-state index in [-0.39, 0.29) is 17.3 Å². The minimum atomic E-state index is -0.489. The van der Waals surface area contributed by atoms with E-state index in [4.69, 9.17) is 0 Å². The SMILES string of the molecule is O=C(CSCc1ccccc1Br)N/N=C\c1ccccc1[N+](=O)[O-]. The number of carbonyl (C=O) groups is 1. The summed E-state index contributed by atoms with van der Waals surface area (Å²) >= 11 is 4.92. The Hall–Kier alpha value is -2.19. The molecule has 0 aliphatic rings. The number of hydrogen-bond donors (Lipinski definition) is 1. The van der Waals surface area contributed by atoms with Gasteiger partial charge >= 0.3 is 0 Å². The molecular weight excluding hydrogens is 394 g/mol. The molecule has 124 valence electrons. The number of nitrogens with one attached hydrogen (secondary N) is 1. The summed E-state index contributed by atoms with van der Waals surface area (Å²) in [4.78, 5) is 22.1. The molecule has 0 spiro atoms. The second-order valence-corrected chi connectivity index (χ2v) is 6.53. The Morgan fingerprint density at radius 2 is 1.96 bits per heavy atom. The van der Waals surface area contributed by atoms with E-state index < -0.39 is 4.92 Å². The summed E-state index contributed by atoms with van der Waals surface area (Å²) in [6.07, 6.45) is 1.27. The molecule has 0 aromatic heterocycles. The number of rotatable bonds is 7. The van der Waals surface area contributed by atoms with E-state index in [1.165, 1.54) is 24.0 Å². The average Bonchev–Trinajstić information content (AvgIpc) is 2.57. The second-order valence-electron chi connectivity index (χ2n) is 4.69. The number of hydrazone groups is 1. The van der Waals surface area contributed by atoms with Gasteiger partial charge in [0.2, 0.25) is 5.91 Å². The summed E-state index contributed by atoms with van der Waals surface area (Å²) < 4.78 is 1.01. The fourth-order valence-electron chi connectivity index (χ4n) is 1.84. The first-order chi connectivity index (χ1) is 11.6. The van der Waals surface area contributed by atoms with E-state index in [0.717, 1.165) is 10.0 Å². The van der Waals surface area contributed by atoms with Crippen LogP contribution >= 0.6 is 27.7 Å². The molecule has 0 saturated heterocycles. The van der Waals surface area contributed by atoms with E-state index >= 15 is 0 Å². The first-order valence-corrected chi connectivity index (χ1v) is 8.89. The third-order valence-corrected chi connectivity index (χ3v) is 4.73. The summed E-state index contributed by atoms with van der Waals surface area (Å²) in [6, 6.07) is 14.0. The smallest absolute Gasteiger partial charge is 0.272 e. The van der Waals surface area contributed by atoms with Crippen LogP contribution in [-0.2, 0) is 10.5 Å². The van der Waals surface area contributed by atoms with Crippen LogP contribution in [-0.4, -0.2) is 22.8 Å². The zero-order valence-corrected chi connectivity index (χ0v) is 14.9. The van der Waals surface area contributed by atoms with Crippen LogP contribution in [0.2, 0.25) is 0 Å². The number of benzene rings is 2. The van der Waals surface area contributed by atoms with Crippen molar-refractivity contribution < 1.29 is 9.72 Å². The van der Waals surface area contributed by atoms with Gasteiger partial charge in [-0.1, -0.05) is 46.3 Å². The first kappa shape index (κ1) is 18.2. The molecule has 24 heavy (non-hydrogen) atoms. The number of nitro benzene ring substituents is 1. The first-order valence-electron chi connectivity index (χ1n) is 6.94. The van der Waals surface area contributed by atoms with Crippen molar-refractivity contribution in [3.05, 3.63) is 74.2 Å². The van der Waals surface area contributed by atoms with E-state index in [9.17, 15) is 14.9 Å². The van der Waals surface area contributed by atoms with Crippen LogP contribution in [0.15, 0.2) is 58.1 Å². The number of nitrogens with zero attached hydrogens (tertiary/aromatic N) is 2. The van der Waals surface area contributed by atoms with E-state index in [2.05, 4.69) is 26.5 Å². The minimum Gasteiger partial charge on any atom is -0.272 e. The van der Waals surface area contributed by atoms with Gasteiger partial charge in [0.15, 0.2) is 0 Å². The lowest BCUT2D eigenvalue weighted by molar-refractivity contribution is -0.385. The Morgan fingerprint density at radius 3 is 2.71 bits per heavy atom. The number of nitro groups is 1. The van der Waals surface area contributed by atoms with Crippen LogP contribution in [0, 0.1) is 10.1 Å². The maximum atomic E-state index is 11.7. The molecular formula is C16H14BrN3O3S. The number of amides is 1. The summed E-state index contributed by atoms with van der Waals surface area (Å²) in [6.45, 7) is 0. The van der Waals surface area contributed by atoms with Gasteiger partial charge in [-0.15, -0.1) is 11.8 Å². The van der Waals surface area contributed by atoms with Crippen LogP contribution in [0.25, 0.3) is 0 Å². The second kappa shape index (κ2) is 9.19. The molecule has 6 nitrogen and oxygen atoms in total. The number of hydrogen-bond acceptors (Lipinski definition) is 5. The maximum absolute atomic E-state index is 11.7. The van der Waals surface area contributed by atoms with Gasteiger partial charge in [-0.25, -0.2) is 5.43 Å². The van der Waals surface area contributed by atoms with Gasteiger partial charge in [-0.05, 0) is 17.7 Å². The Labute approximate surface area is 151 Å². The molecule has 2 aromatic rings. The summed E-state index contributed by atoms with van der Waals surface area (Å²) in [5, 5.41) is 14.6. The van der Waals surface area contributed by atoms with Gasteiger partial charge in [-0.2, -0.15) is 5.10 Å². The highest BCUT2D eigenvalue weighted by Gasteiger charge is 2.10. The fraction of sp³-hybridized carbons (Fsp3) is 0.125. The molecule has 0 bridgehead atoms. The van der Waals surface area contributed by atoms with Crippen LogP contribution in [0.3, 0.4) is 0 Å². The number of thioether (sulfide) groups is 1. The molecule has 0 aliphatic carbocycles. The van der Waals surface area contributed by atoms with Crippen LogP contribution in [0.4, 0.5) is 5.69 Å². The van der Waals surface area contributed by atoms with Gasteiger partial charge in [-0.3, -0.25) is 14.9 Å². The van der Waals surface area contributed by atoms with Crippen molar-refractivity contribution in [3.63, 3.8) is 0 Å². The zero-order chi connectivity index (χ0) is 17.4. The third kappa shape index (κ3) is 5.47. The lowest BCUT2D eigenvalue weighted by Gasteiger charge is -2.03. The zero-order valence-electron chi connectivity index (χ0n) is 12.5. The van der Waals surface area contributed by atoms with E-state index in [1.807, 2.05) is 24.3 Å². The predicted molar refractivity (Wildman–Crippen MR) is 99.1 cm³/mol. The van der Waals surface area contributed by atoms with Crippen molar-refractivity contribution >= 4 is 45.5 Å². The van der Waals surface area contributed by atoms with E-state index in [1.54, 1.807) is 18.2 Å². The van der Waals surface area contributed by atoms with Crippen molar-refractivity contribution in [2.24, 2.45) is 5.10 Å². The molecule has 0 saturated carbocycles. The molecule has 1 N–H and O–H groups in total. The van der Waals surface area contributed by atoms with Gasteiger partial charge in [0.1, 0.15) is 0 Å². The topological polar surface area (TPSA) is 84.6 Å². The monoisotopic (exact) mass is 407 g/mol. The normalized spacial score (nSPS) is 10.7. The highest BCUT2D eigenvalue weighted by molar-refractivity contribution is 9.10. The number of para-hydroxylation sites is 1. The molecule has 0 atom stereocenters. The highest BCUT2D eigenvalue weighted by atomic mass is 79.9. The molecule has 1 amide bonds. The van der Waals surface area contributed by atoms with Crippen LogP contribution in [0.5, 0.6) is 0 Å². The molecule has 2 aromatic carbocycles. The Kier molecular flexibility index (Phi) is 6.95. The van der Waals surface area contributed by atoms with Gasteiger partial charge in [0.05, 0.1) is 22.5 Å². The molecule has 0 radical (unpaired) electrons. The van der Waals surface area contributed by atoms with Crippen molar-refractivity contribution in [1.82, 2.24) is 5.43 Å². The molecule has 0 fully saturated rings. The molecule has 0 unspecified atom stereocenters. The van der Waals surface area contributed by atoms with Crippen LogP contribution in [0.1, 0.15) is 11.1 Å². The lowest BCUT2D eigenvalue weighted by Crippen LogP contribution is -2.19. The quantitative estimate of drug-likeness (QED) is 0.430. The minimum absolute atomic E-state index is 0.0567. The lowest BCUT2D eigenvalue weighted by atomic mass is 10.2. The van der Waals surface area contributed by atoms with E-state index in [0.29, 0.717) is 11.3 Å². The van der Waals surface area contributed by atoms with Crippen molar-refractivity contribution in [2.45, 2.75) is 5.75 Å². The molecule has 8 heteroatoms. The Bertz CT molecular complexity index is 768. The number of carbonyl (C=O) groups excluding carboxylic acids is 1. The summed E-state index contributed by atoms with van der Waals surface area (Å²) in [7, 11) is 0. The summed E-state index contributed by atoms with van der Waals surface area (Å²) in [5.74, 6) is 0.681. The van der Waals surface area contributed by atoms with Crippen molar-refractivity contribution in [3.8, 4) is 0 Å². The summed E-state index contributed by atoms with van der Waals surface area (Å²) in [5.41, 5.74) is 3.76. The van der Waals surface area contributed by atoms with Gasteiger partial charge in [0, 0.05) is 16.3 Å². The molecule has 2 rings (SSSR count). The van der Waals surface area contributed by atoms with Crippen LogP contribution < -0.4 is 5.43 Å². The highest BCUT2D eigenvalue weighted by Crippen LogP contribution is 2.21. The predicted octanol–water partition coefficient (Wildman–Crippen LogP) is 3.74. The van der Waals surface area contributed by atoms with Crippen molar-refractivity contribution in [1.29, 1.82) is 0 Å². The Balaban J connectivity index is 1.81. The molecule has 0 heterocycles.